The molecule has 0 aromatic heterocycles. The number of carbonyl (C=O) groups is 2. The van der Waals surface area contributed by atoms with E-state index in [2.05, 4.69) is 5.32 Å². The SMILES string of the molecule is O=C(O)c1ccc(NC(=O)c2cccc(Cl)c2F)c(O)c1. The Bertz CT molecular complexity index is 733. The van der Waals surface area contributed by atoms with Gasteiger partial charge in [0.2, 0.25) is 0 Å². The largest absolute Gasteiger partial charge is 0.506 e. The van der Waals surface area contributed by atoms with Crippen LogP contribution in [0.25, 0.3) is 0 Å². The molecule has 0 unspecified atom stereocenters. The van der Waals surface area contributed by atoms with Gasteiger partial charge in [0, 0.05) is 0 Å². The number of aromatic carboxylic acids is 1. The third-order valence-electron chi connectivity index (χ3n) is 2.69. The molecular weight excluding hydrogens is 301 g/mol. The van der Waals surface area contributed by atoms with E-state index in [-0.39, 0.29) is 21.8 Å². The van der Waals surface area contributed by atoms with Crippen molar-refractivity contribution in [3.63, 3.8) is 0 Å². The highest BCUT2D eigenvalue weighted by Crippen LogP contribution is 2.26. The number of anilines is 1. The molecular formula is C14H9ClFNO4. The van der Waals surface area contributed by atoms with Crippen molar-refractivity contribution in [2.45, 2.75) is 0 Å². The van der Waals surface area contributed by atoms with Gasteiger partial charge in [-0.15, -0.1) is 0 Å². The first-order valence-electron chi connectivity index (χ1n) is 5.72. The zero-order valence-electron chi connectivity index (χ0n) is 10.4. The van der Waals surface area contributed by atoms with E-state index in [1.54, 1.807) is 0 Å². The van der Waals surface area contributed by atoms with Gasteiger partial charge in [-0.2, -0.15) is 0 Å². The molecule has 0 atom stereocenters. The lowest BCUT2D eigenvalue weighted by atomic mass is 10.1. The zero-order valence-corrected chi connectivity index (χ0v) is 11.2. The Balaban J connectivity index is 2.28. The molecule has 2 aromatic rings. The highest BCUT2D eigenvalue weighted by atomic mass is 35.5. The number of phenols is 1. The van der Waals surface area contributed by atoms with Gasteiger partial charge in [-0.25, -0.2) is 9.18 Å². The van der Waals surface area contributed by atoms with Crippen LogP contribution in [-0.4, -0.2) is 22.1 Å². The number of amides is 1. The van der Waals surface area contributed by atoms with E-state index in [0.29, 0.717) is 0 Å². The average molecular weight is 310 g/mol. The van der Waals surface area contributed by atoms with Gasteiger partial charge in [0.05, 0.1) is 21.8 Å². The molecule has 2 aromatic carbocycles. The number of phenolic OH excluding ortho intramolecular Hbond substituents is 1. The first-order chi connectivity index (χ1) is 9.90. The molecule has 108 valence electrons. The van der Waals surface area contributed by atoms with Gasteiger partial charge < -0.3 is 15.5 Å². The van der Waals surface area contributed by atoms with Gasteiger partial charge in [-0.3, -0.25) is 4.79 Å². The summed E-state index contributed by atoms with van der Waals surface area (Å²) in [6, 6.07) is 7.33. The lowest BCUT2D eigenvalue weighted by molar-refractivity contribution is 0.0696. The van der Waals surface area contributed by atoms with Gasteiger partial charge >= 0.3 is 5.97 Å². The minimum atomic E-state index is -1.22. The molecule has 5 nitrogen and oxygen atoms in total. The van der Waals surface area contributed by atoms with Crippen LogP contribution in [0.15, 0.2) is 36.4 Å². The van der Waals surface area contributed by atoms with E-state index in [4.69, 9.17) is 16.7 Å². The third kappa shape index (κ3) is 3.11. The average Bonchev–Trinajstić information content (AvgIpc) is 2.43. The van der Waals surface area contributed by atoms with Crippen LogP contribution in [0.4, 0.5) is 10.1 Å². The van der Waals surface area contributed by atoms with Gasteiger partial charge in [-0.1, -0.05) is 17.7 Å². The number of hydrogen-bond donors (Lipinski definition) is 3. The van der Waals surface area contributed by atoms with Crippen LogP contribution in [0.2, 0.25) is 5.02 Å². The minimum Gasteiger partial charge on any atom is -0.506 e. The molecule has 0 aliphatic carbocycles. The normalized spacial score (nSPS) is 10.2. The predicted octanol–water partition coefficient (Wildman–Crippen LogP) is 3.14. The first-order valence-corrected chi connectivity index (χ1v) is 6.09. The Morgan fingerprint density at radius 2 is 1.90 bits per heavy atom. The van der Waals surface area contributed by atoms with Crippen molar-refractivity contribution in [3.8, 4) is 5.75 Å². The summed E-state index contributed by atoms with van der Waals surface area (Å²) in [5.41, 5.74) is -0.465. The molecule has 0 spiro atoms. The number of carboxylic acids is 1. The molecule has 0 saturated carbocycles. The highest BCUT2D eigenvalue weighted by molar-refractivity contribution is 6.31. The van der Waals surface area contributed by atoms with Crippen molar-refractivity contribution < 1.29 is 24.2 Å². The summed E-state index contributed by atoms with van der Waals surface area (Å²) in [4.78, 5) is 22.6. The monoisotopic (exact) mass is 309 g/mol. The van der Waals surface area contributed by atoms with Crippen LogP contribution in [-0.2, 0) is 0 Å². The Morgan fingerprint density at radius 3 is 2.52 bits per heavy atom. The molecule has 0 fully saturated rings. The van der Waals surface area contributed by atoms with Gasteiger partial charge in [0.1, 0.15) is 5.75 Å². The number of rotatable bonds is 3. The number of benzene rings is 2. The molecule has 7 heteroatoms. The summed E-state index contributed by atoms with van der Waals surface area (Å²) in [6.45, 7) is 0. The molecule has 0 aliphatic heterocycles. The number of aromatic hydroxyl groups is 1. The number of carbonyl (C=O) groups excluding carboxylic acids is 1. The fourth-order valence-corrected chi connectivity index (χ4v) is 1.81. The van der Waals surface area contributed by atoms with Crippen LogP contribution in [0.3, 0.4) is 0 Å². The van der Waals surface area contributed by atoms with Crippen LogP contribution < -0.4 is 5.32 Å². The van der Waals surface area contributed by atoms with Crippen molar-refractivity contribution in [1.29, 1.82) is 0 Å². The molecule has 21 heavy (non-hydrogen) atoms. The molecule has 0 bridgehead atoms. The summed E-state index contributed by atoms with van der Waals surface area (Å²) in [6.07, 6.45) is 0. The maximum Gasteiger partial charge on any atom is 0.335 e. The van der Waals surface area contributed by atoms with Crippen molar-refractivity contribution in [2.24, 2.45) is 0 Å². The van der Waals surface area contributed by atoms with Crippen molar-refractivity contribution >= 4 is 29.2 Å². The molecule has 3 N–H and O–H groups in total. The summed E-state index contributed by atoms with van der Waals surface area (Å²) in [5, 5.41) is 20.5. The number of hydrogen-bond acceptors (Lipinski definition) is 3. The van der Waals surface area contributed by atoms with Crippen molar-refractivity contribution in [2.75, 3.05) is 5.32 Å². The second kappa shape index (κ2) is 5.80. The first kappa shape index (κ1) is 14.8. The summed E-state index contributed by atoms with van der Waals surface area (Å²) < 4.78 is 13.7. The Labute approximate surface area is 123 Å². The van der Waals surface area contributed by atoms with Crippen molar-refractivity contribution in [3.05, 3.63) is 58.4 Å². The van der Waals surface area contributed by atoms with Crippen molar-refractivity contribution in [1.82, 2.24) is 0 Å². The van der Waals surface area contributed by atoms with E-state index in [1.807, 2.05) is 0 Å². The van der Waals surface area contributed by atoms with E-state index >= 15 is 0 Å². The number of carboxylic acid groups (broad SMARTS) is 1. The van der Waals surface area contributed by atoms with Crippen LogP contribution in [0, 0.1) is 5.82 Å². The predicted molar refractivity (Wildman–Crippen MR) is 74.4 cm³/mol. The summed E-state index contributed by atoms with van der Waals surface area (Å²) in [7, 11) is 0. The Morgan fingerprint density at radius 1 is 1.19 bits per heavy atom. The van der Waals surface area contributed by atoms with Crippen LogP contribution >= 0.6 is 11.6 Å². The summed E-state index contributed by atoms with van der Waals surface area (Å²) in [5.74, 6) is -3.35. The highest BCUT2D eigenvalue weighted by Gasteiger charge is 2.16. The van der Waals surface area contributed by atoms with Crippen LogP contribution in [0.1, 0.15) is 20.7 Å². The number of nitrogens with one attached hydrogen (secondary N) is 1. The van der Waals surface area contributed by atoms with E-state index < -0.39 is 23.4 Å². The second-order valence-electron chi connectivity index (χ2n) is 4.09. The maximum atomic E-state index is 13.7. The van der Waals surface area contributed by atoms with E-state index in [0.717, 1.165) is 6.07 Å². The Hall–Kier alpha value is -2.60. The number of halogens is 2. The fourth-order valence-electron chi connectivity index (χ4n) is 1.64. The summed E-state index contributed by atoms with van der Waals surface area (Å²) >= 11 is 5.58. The van der Waals surface area contributed by atoms with Gasteiger partial charge in [0.15, 0.2) is 5.82 Å². The smallest absolute Gasteiger partial charge is 0.335 e. The van der Waals surface area contributed by atoms with E-state index in [1.165, 1.54) is 30.3 Å². The minimum absolute atomic E-state index is 0.0376. The second-order valence-corrected chi connectivity index (χ2v) is 4.50. The third-order valence-corrected chi connectivity index (χ3v) is 2.98. The molecule has 0 saturated heterocycles. The standard InChI is InChI=1S/C14H9ClFNO4/c15-9-3-1-2-8(12(9)16)13(19)17-10-5-4-7(14(20)21)6-11(10)18/h1-6,18H,(H,17,19)(H,20,21). The van der Waals surface area contributed by atoms with Gasteiger partial charge in [-0.05, 0) is 30.3 Å². The topological polar surface area (TPSA) is 86.6 Å². The Kier molecular flexibility index (Phi) is 4.09. The molecule has 0 aliphatic rings. The lowest BCUT2D eigenvalue weighted by Gasteiger charge is -2.09. The van der Waals surface area contributed by atoms with Gasteiger partial charge in [0.25, 0.3) is 5.91 Å². The molecule has 0 heterocycles. The van der Waals surface area contributed by atoms with E-state index in [9.17, 15) is 19.1 Å². The molecule has 0 radical (unpaired) electrons. The quantitative estimate of drug-likeness (QED) is 0.760. The molecule has 2 rings (SSSR count). The maximum absolute atomic E-state index is 13.7. The lowest BCUT2D eigenvalue weighted by Crippen LogP contribution is -2.14. The molecule has 1 amide bonds. The fraction of sp³-hybridized carbons (Fsp3) is 0. The zero-order chi connectivity index (χ0) is 15.6. The van der Waals surface area contributed by atoms with Crippen LogP contribution in [0.5, 0.6) is 5.75 Å².